The van der Waals surface area contributed by atoms with E-state index in [4.69, 9.17) is 0 Å². The van der Waals surface area contributed by atoms with Gasteiger partial charge in [-0.3, -0.25) is 4.79 Å². The Labute approximate surface area is 146 Å². The van der Waals surface area contributed by atoms with Crippen molar-refractivity contribution in [2.75, 3.05) is 18.1 Å². The lowest BCUT2D eigenvalue weighted by Gasteiger charge is -2.22. The van der Waals surface area contributed by atoms with Crippen LogP contribution >= 0.6 is 36.6 Å². The van der Waals surface area contributed by atoms with Gasteiger partial charge in [-0.2, -0.15) is 11.8 Å². The molecule has 22 heavy (non-hydrogen) atoms. The number of aromatic nitrogens is 2. The number of H-pyrrole nitrogens is 1. The number of nitrogens with zero attached hydrogens (tertiary/aromatic N) is 1. The Kier molecular flexibility index (Phi) is 8.03. The van der Waals surface area contributed by atoms with Crippen molar-refractivity contribution in [2.45, 2.75) is 19.0 Å². The van der Waals surface area contributed by atoms with Crippen molar-refractivity contribution in [3.63, 3.8) is 0 Å². The fourth-order valence-corrected chi connectivity index (χ4v) is 3.27. The summed E-state index contributed by atoms with van der Waals surface area (Å²) in [7, 11) is 0. The largest absolute Gasteiger partial charge is 0.349 e. The minimum atomic E-state index is 0. The molecule has 1 saturated heterocycles. The summed E-state index contributed by atoms with van der Waals surface area (Å²) in [4.78, 5) is 19.5. The van der Waals surface area contributed by atoms with E-state index < -0.39 is 0 Å². The van der Waals surface area contributed by atoms with Crippen LogP contribution in [0.3, 0.4) is 0 Å². The summed E-state index contributed by atoms with van der Waals surface area (Å²) in [6.45, 7) is 1.44. The molecule has 2 aromatic rings. The SMILES string of the molecule is Cl.Cl.O=C(CC1CSCCN1)NCc1nc2ccccc2[nH]1. The first-order valence-corrected chi connectivity index (χ1v) is 7.98. The standard InChI is InChI=1S/C14H18N4OS.2ClH/c19-14(7-10-9-20-6-5-15-10)16-8-13-17-11-3-1-2-4-12(11)18-13;;/h1-4,10,15H,5-9H2,(H,16,19)(H,17,18);2*1H. The lowest BCUT2D eigenvalue weighted by molar-refractivity contribution is -0.121. The number of aromatic amines is 1. The van der Waals surface area contributed by atoms with Crippen molar-refractivity contribution < 1.29 is 4.79 Å². The van der Waals surface area contributed by atoms with Gasteiger partial charge >= 0.3 is 0 Å². The first-order chi connectivity index (χ1) is 9.81. The molecule has 0 saturated carbocycles. The van der Waals surface area contributed by atoms with E-state index >= 15 is 0 Å². The number of carbonyl (C=O) groups excluding carboxylic acids is 1. The van der Waals surface area contributed by atoms with E-state index in [2.05, 4.69) is 20.6 Å². The molecule has 0 bridgehead atoms. The van der Waals surface area contributed by atoms with Crippen molar-refractivity contribution in [1.82, 2.24) is 20.6 Å². The van der Waals surface area contributed by atoms with Gasteiger partial charge in [-0.05, 0) is 12.1 Å². The van der Waals surface area contributed by atoms with Gasteiger partial charge in [-0.25, -0.2) is 4.98 Å². The van der Waals surface area contributed by atoms with Crippen LogP contribution in [0.4, 0.5) is 0 Å². The maximum absolute atomic E-state index is 11.9. The van der Waals surface area contributed by atoms with Gasteiger partial charge in [-0.1, -0.05) is 12.1 Å². The summed E-state index contributed by atoms with van der Waals surface area (Å²) in [5.74, 6) is 3.02. The highest BCUT2D eigenvalue weighted by molar-refractivity contribution is 7.99. The number of amides is 1. The van der Waals surface area contributed by atoms with E-state index in [1.165, 1.54) is 0 Å². The fraction of sp³-hybridized carbons (Fsp3) is 0.429. The first kappa shape index (κ1) is 19.1. The third-order valence-electron chi connectivity index (χ3n) is 3.32. The van der Waals surface area contributed by atoms with E-state index in [1.54, 1.807) is 0 Å². The highest BCUT2D eigenvalue weighted by Gasteiger charge is 2.16. The van der Waals surface area contributed by atoms with E-state index in [0.717, 1.165) is 34.9 Å². The van der Waals surface area contributed by atoms with Crippen molar-refractivity contribution in [1.29, 1.82) is 0 Å². The first-order valence-electron chi connectivity index (χ1n) is 6.83. The molecule has 3 N–H and O–H groups in total. The lowest BCUT2D eigenvalue weighted by Crippen LogP contribution is -2.41. The van der Waals surface area contributed by atoms with Crippen LogP contribution in [0.2, 0.25) is 0 Å². The Morgan fingerprint density at radius 1 is 1.36 bits per heavy atom. The monoisotopic (exact) mass is 362 g/mol. The molecule has 2 heterocycles. The molecule has 1 amide bonds. The molecular formula is C14H20Cl2N4OS. The van der Waals surface area contributed by atoms with Crippen LogP contribution < -0.4 is 10.6 Å². The van der Waals surface area contributed by atoms with Crippen molar-refractivity contribution in [2.24, 2.45) is 0 Å². The Morgan fingerprint density at radius 2 is 2.18 bits per heavy atom. The molecule has 8 heteroatoms. The number of fused-ring (bicyclic) bond motifs is 1. The van der Waals surface area contributed by atoms with Crippen LogP contribution in [0.1, 0.15) is 12.2 Å². The molecule has 122 valence electrons. The zero-order chi connectivity index (χ0) is 13.8. The number of halogens is 2. The predicted octanol–water partition coefficient (Wildman–Crippen LogP) is 2.12. The smallest absolute Gasteiger partial charge is 0.221 e. The summed E-state index contributed by atoms with van der Waals surface area (Å²) in [6.07, 6.45) is 0.535. The van der Waals surface area contributed by atoms with Gasteiger partial charge in [0.25, 0.3) is 0 Å². The van der Waals surface area contributed by atoms with Crippen molar-refractivity contribution in [3.8, 4) is 0 Å². The van der Waals surface area contributed by atoms with Crippen LogP contribution in [0.15, 0.2) is 24.3 Å². The van der Waals surface area contributed by atoms with Crippen LogP contribution in [-0.2, 0) is 11.3 Å². The Balaban J connectivity index is 0.00000121. The number of thioether (sulfide) groups is 1. The Bertz CT molecular complexity index is 568. The van der Waals surface area contributed by atoms with Crippen molar-refractivity contribution >= 4 is 53.5 Å². The number of hydrogen-bond donors (Lipinski definition) is 3. The third kappa shape index (κ3) is 5.05. The minimum absolute atomic E-state index is 0. The molecule has 1 aliphatic heterocycles. The molecule has 1 atom stereocenters. The van der Waals surface area contributed by atoms with Gasteiger partial charge in [0, 0.05) is 30.5 Å². The second-order valence-corrected chi connectivity index (χ2v) is 6.06. The van der Waals surface area contributed by atoms with Gasteiger partial charge < -0.3 is 15.6 Å². The van der Waals surface area contributed by atoms with E-state index in [-0.39, 0.29) is 30.7 Å². The summed E-state index contributed by atoms with van der Waals surface area (Å²) < 4.78 is 0. The topological polar surface area (TPSA) is 69.8 Å². The van der Waals surface area contributed by atoms with Gasteiger partial charge in [0.1, 0.15) is 5.82 Å². The minimum Gasteiger partial charge on any atom is -0.349 e. The molecule has 1 unspecified atom stereocenters. The average molecular weight is 363 g/mol. The molecule has 5 nitrogen and oxygen atoms in total. The fourth-order valence-electron chi connectivity index (χ4n) is 2.32. The molecule has 1 aromatic heterocycles. The number of nitrogens with one attached hydrogen (secondary N) is 3. The molecule has 0 radical (unpaired) electrons. The zero-order valence-electron chi connectivity index (χ0n) is 12.0. The Hall–Kier alpha value is -0.950. The quantitative estimate of drug-likeness (QED) is 0.778. The van der Waals surface area contributed by atoms with Gasteiger partial charge in [-0.15, -0.1) is 24.8 Å². The number of rotatable bonds is 4. The van der Waals surface area contributed by atoms with Crippen LogP contribution in [0.5, 0.6) is 0 Å². The lowest BCUT2D eigenvalue weighted by atomic mass is 10.2. The van der Waals surface area contributed by atoms with E-state index in [1.807, 2.05) is 36.0 Å². The van der Waals surface area contributed by atoms with Crippen LogP contribution in [-0.4, -0.2) is 40.0 Å². The number of imidazole rings is 1. The van der Waals surface area contributed by atoms with Crippen molar-refractivity contribution in [3.05, 3.63) is 30.1 Å². The highest BCUT2D eigenvalue weighted by Crippen LogP contribution is 2.11. The third-order valence-corrected chi connectivity index (χ3v) is 4.45. The number of para-hydroxylation sites is 2. The maximum atomic E-state index is 11.9. The highest BCUT2D eigenvalue weighted by atomic mass is 35.5. The van der Waals surface area contributed by atoms with E-state index in [9.17, 15) is 4.79 Å². The summed E-state index contributed by atoms with van der Waals surface area (Å²) in [5.41, 5.74) is 1.93. The normalized spacial score (nSPS) is 17.4. The maximum Gasteiger partial charge on any atom is 0.221 e. The molecule has 3 rings (SSSR count). The Morgan fingerprint density at radius 3 is 2.91 bits per heavy atom. The number of carbonyl (C=O) groups is 1. The summed E-state index contributed by atoms with van der Waals surface area (Å²) >= 11 is 1.90. The second-order valence-electron chi connectivity index (χ2n) is 4.91. The average Bonchev–Trinajstić information content (AvgIpc) is 2.89. The van der Waals surface area contributed by atoms with Gasteiger partial charge in [0.2, 0.25) is 5.91 Å². The second kappa shape index (κ2) is 9.25. The zero-order valence-corrected chi connectivity index (χ0v) is 14.5. The molecule has 1 aliphatic rings. The molecule has 1 fully saturated rings. The van der Waals surface area contributed by atoms with Gasteiger partial charge in [0.15, 0.2) is 0 Å². The molecule has 0 aliphatic carbocycles. The summed E-state index contributed by atoms with van der Waals surface area (Å²) in [5, 5.41) is 6.29. The molecule has 0 spiro atoms. The van der Waals surface area contributed by atoms with Crippen LogP contribution in [0, 0.1) is 0 Å². The van der Waals surface area contributed by atoms with Gasteiger partial charge in [0.05, 0.1) is 17.6 Å². The molecular weight excluding hydrogens is 343 g/mol. The number of hydrogen-bond acceptors (Lipinski definition) is 4. The van der Waals surface area contributed by atoms with E-state index in [0.29, 0.717) is 19.0 Å². The summed E-state index contributed by atoms with van der Waals surface area (Å²) in [6, 6.07) is 8.16. The predicted molar refractivity (Wildman–Crippen MR) is 96.2 cm³/mol. The molecule has 1 aromatic carbocycles. The number of benzene rings is 1. The van der Waals surface area contributed by atoms with Crippen LogP contribution in [0.25, 0.3) is 11.0 Å².